The fourth-order valence-electron chi connectivity index (χ4n) is 2.70. The van der Waals surface area contributed by atoms with Crippen LogP contribution in [0.3, 0.4) is 0 Å². The highest BCUT2D eigenvalue weighted by atomic mass is 16.5. The molecule has 0 saturated carbocycles. The van der Waals surface area contributed by atoms with E-state index in [1.165, 1.54) is 0 Å². The van der Waals surface area contributed by atoms with Crippen molar-refractivity contribution >= 4 is 23.2 Å². The second kappa shape index (κ2) is 11.6. The van der Waals surface area contributed by atoms with Crippen molar-refractivity contribution in [2.24, 2.45) is 0 Å². The molecule has 6 nitrogen and oxygen atoms in total. The van der Waals surface area contributed by atoms with Crippen LogP contribution in [-0.2, 0) is 4.79 Å². The molecule has 0 fully saturated rings. The first-order valence-corrected chi connectivity index (χ1v) is 9.76. The lowest BCUT2D eigenvalue weighted by atomic mass is 10.1. The van der Waals surface area contributed by atoms with Crippen LogP contribution in [0.2, 0.25) is 0 Å². The number of nitrogens with two attached hydrogens (primary N) is 1. The molecule has 0 aliphatic carbocycles. The number of amides is 2. The predicted octanol–water partition coefficient (Wildman–Crippen LogP) is 3.99. The highest BCUT2D eigenvalue weighted by Crippen LogP contribution is 2.18. The summed E-state index contributed by atoms with van der Waals surface area (Å²) in [6, 6.07) is 14.5. The van der Waals surface area contributed by atoms with Gasteiger partial charge in [-0.2, -0.15) is 0 Å². The topological polar surface area (TPSA) is 93.4 Å². The van der Waals surface area contributed by atoms with E-state index in [0.717, 1.165) is 25.7 Å². The molecule has 0 saturated heterocycles. The van der Waals surface area contributed by atoms with Crippen LogP contribution in [0.1, 0.15) is 49.4 Å². The van der Waals surface area contributed by atoms with E-state index >= 15 is 0 Å². The number of hydrogen-bond acceptors (Lipinski definition) is 4. The summed E-state index contributed by atoms with van der Waals surface area (Å²) < 4.78 is 5.62. The average Bonchev–Trinajstić information content (AvgIpc) is 2.70. The van der Waals surface area contributed by atoms with E-state index in [9.17, 15) is 9.59 Å². The van der Waals surface area contributed by atoms with Gasteiger partial charge >= 0.3 is 0 Å². The third-order valence-corrected chi connectivity index (χ3v) is 4.19. The first-order chi connectivity index (χ1) is 13.6. The zero-order valence-corrected chi connectivity index (χ0v) is 16.4. The molecule has 28 heavy (non-hydrogen) atoms. The highest BCUT2D eigenvalue weighted by Gasteiger charge is 2.11. The average molecular weight is 383 g/mol. The third kappa shape index (κ3) is 6.95. The second-order valence-corrected chi connectivity index (χ2v) is 6.55. The Bertz CT molecular complexity index is 777. The maximum absolute atomic E-state index is 12.3. The van der Waals surface area contributed by atoms with Crippen molar-refractivity contribution in [1.82, 2.24) is 5.32 Å². The molecule has 0 atom stereocenters. The van der Waals surface area contributed by atoms with Crippen molar-refractivity contribution < 1.29 is 14.3 Å². The largest absolute Gasteiger partial charge is 0.493 e. The number of ether oxygens (including phenoxy) is 1. The Hall–Kier alpha value is -3.02. The monoisotopic (exact) mass is 383 g/mol. The Labute approximate surface area is 166 Å². The van der Waals surface area contributed by atoms with E-state index < -0.39 is 0 Å². The van der Waals surface area contributed by atoms with Crippen molar-refractivity contribution in [2.75, 3.05) is 24.2 Å². The van der Waals surface area contributed by atoms with Gasteiger partial charge in [0.2, 0.25) is 5.91 Å². The summed E-state index contributed by atoms with van der Waals surface area (Å²) in [4.78, 5) is 24.3. The highest BCUT2D eigenvalue weighted by molar-refractivity contribution is 5.97. The minimum atomic E-state index is -0.135. The van der Waals surface area contributed by atoms with Crippen LogP contribution in [0.15, 0.2) is 48.5 Å². The predicted molar refractivity (Wildman–Crippen MR) is 113 cm³/mol. The lowest BCUT2D eigenvalue weighted by Crippen LogP contribution is -2.25. The summed E-state index contributed by atoms with van der Waals surface area (Å²) in [6.07, 6.45) is 3.73. The Morgan fingerprint density at radius 3 is 2.54 bits per heavy atom. The molecule has 2 amide bonds. The first-order valence-electron chi connectivity index (χ1n) is 9.76. The van der Waals surface area contributed by atoms with Gasteiger partial charge in [-0.1, -0.05) is 37.6 Å². The summed E-state index contributed by atoms with van der Waals surface area (Å²) in [5, 5.41) is 5.73. The van der Waals surface area contributed by atoms with Gasteiger partial charge in [0.15, 0.2) is 0 Å². The van der Waals surface area contributed by atoms with E-state index in [1.54, 1.807) is 18.2 Å². The zero-order chi connectivity index (χ0) is 20.2. The number of nitrogens with one attached hydrogen (secondary N) is 2. The SMILES string of the molecule is CCCOc1ccccc1C(=O)NCCCCCC(=O)Nc1ccccc1N. The minimum absolute atomic E-state index is 0.0519. The number of rotatable bonds is 11. The first kappa shape index (κ1) is 21.3. The van der Waals surface area contributed by atoms with E-state index in [0.29, 0.717) is 42.3 Å². The molecular formula is C22H29N3O3. The molecule has 0 bridgehead atoms. The summed E-state index contributed by atoms with van der Waals surface area (Å²) in [6.45, 7) is 3.17. The zero-order valence-electron chi connectivity index (χ0n) is 16.4. The molecule has 0 unspecified atom stereocenters. The molecule has 6 heteroatoms. The van der Waals surface area contributed by atoms with Crippen LogP contribution in [0.5, 0.6) is 5.75 Å². The number of carbonyl (C=O) groups excluding carboxylic acids is 2. The molecule has 0 radical (unpaired) electrons. The third-order valence-electron chi connectivity index (χ3n) is 4.19. The Kier molecular flexibility index (Phi) is 8.85. The van der Waals surface area contributed by atoms with Crippen molar-refractivity contribution in [1.29, 1.82) is 0 Å². The van der Waals surface area contributed by atoms with Crippen LogP contribution in [0.4, 0.5) is 11.4 Å². The molecule has 0 aliphatic heterocycles. The fraction of sp³-hybridized carbons (Fsp3) is 0.364. The number of carbonyl (C=O) groups is 2. The van der Waals surface area contributed by atoms with Gasteiger partial charge < -0.3 is 21.1 Å². The van der Waals surface area contributed by atoms with Crippen molar-refractivity contribution in [3.05, 3.63) is 54.1 Å². The van der Waals surface area contributed by atoms with E-state index in [2.05, 4.69) is 10.6 Å². The molecule has 2 aromatic carbocycles. The normalized spacial score (nSPS) is 10.3. The molecule has 0 aliphatic rings. The van der Waals surface area contributed by atoms with Crippen LogP contribution in [-0.4, -0.2) is 25.0 Å². The van der Waals surface area contributed by atoms with Gasteiger partial charge in [0.05, 0.1) is 23.5 Å². The van der Waals surface area contributed by atoms with Crippen molar-refractivity contribution in [2.45, 2.75) is 39.0 Å². The number of para-hydroxylation sites is 3. The summed E-state index contributed by atoms with van der Waals surface area (Å²) in [5.74, 6) is 0.423. The molecule has 2 rings (SSSR count). The summed E-state index contributed by atoms with van der Waals surface area (Å²) >= 11 is 0. The number of nitrogen functional groups attached to an aromatic ring is 1. The summed E-state index contributed by atoms with van der Waals surface area (Å²) in [5.41, 5.74) is 7.56. The van der Waals surface area contributed by atoms with Gasteiger partial charge in [0, 0.05) is 13.0 Å². The van der Waals surface area contributed by atoms with Gasteiger partial charge in [-0.3, -0.25) is 9.59 Å². The second-order valence-electron chi connectivity index (χ2n) is 6.55. The quantitative estimate of drug-likeness (QED) is 0.404. The standard InChI is InChI=1S/C22H29N3O3/c1-2-16-28-20-13-8-5-10-17(20)22(27)24-15-9-3-4-14-21(26)25-19-12-7-6-11-18(19)23/h5-8,10-13H,2-4,9,14-16,23H2,1H3,(H,24,27)(H,25,26). The van der Waals surface area contributed by atoms with Crippen LogP contribution in [0.25, 0.3) is 0 Å². The number of anilines is 2. The molecule has 0 aromatic heterocycles. The number of hydrogen-bond donors (Lipinski definition) is 3. The molecule has 0 spiro atoms. The van der Waals surface area contributed by atoms with Gasteiger partial charge in [0.1, 0.15) is 5.75 Å². The van der Waals surface area contributed by atoms with Gasteiger partial charge in [-0.25, -0.2) is 0 Å². The Morgan fingerprint density at radius 2 is 1.75 bits per heavy atom. The lowest BCUT2D eigenvalue weighted by molar-refractivity contribution is -0.116. The summed E-state index contributed by atoms with van der Waals surface area (Å²) in [7, 11) is 0. The maximum atomic E-state index is 12.3. The van der Waals surface area contributed by atoms with E-state index in [1.807, 2.05) is 37.3 Å². The van der Waals surface area contributed by atoms with E-state index in [-0.39, 0.29) is 11.8 Å². The Balaban J connectivity index is 1.64. The molecule has 4 N–H and O–H groups in total. The minimum Gasteiger partial charge on any atom is -0.493 e. The smallest absolute Gasteiger partial charge is 0.255 e. The van der Waals surface area contributed by atoms with Crippen LogP contribution >= 0.6 is 0 Å². The van der Waals surface area contributed by atoms with Crippen LogP contribution in [0, 0.1) is 0 Å². The van der Waals surface area contributed by atoms with Gasteiger partial charge in [-0.15, -0.1) is 0 Å². The molecule has 0 heterocycles. The van der Waals surface area contributed by atoms with Crippen molar-refractivity contribution in [3.63, 3.8) is 0 Å². The van der Waals surface area contributed by atoms with E-state index in [4.69, 9.17) is 10.5 Å². The molecule has 150 valence electrons. The number of benzene rings is 2. The van der Waals surface area contributed by atoms with Gasteiger partial charge in [-0.05, 0) is 43.5 Å². The fourth-order valence-corrected chi connectivity index (χ4v) is 2.70. The van der Waals surface area contributed by atoms with Crippen molar-refractivity contribution in [3.8, 4) is 5.75 Å². The lowest BCUT2D eigenvalue weighted by Gasteiger charge is -2.11. The van der Waals surface area contributed by atoms with Gasteiger partial charge in [0.25, 0.3) is 5.91 Å². The Morgan fingerprint density at radius 1 is 1.00 bits per heavy atom. The molecular weight excluding hydrogens is 354 g/mol. The number of unbranched alkanes of at least 4 members (excludes halogenated alkanes) is 2. The molecule has 2 aromatic rings. The maximum Gasteiger partial charge on any atom is 0.255 e. The van der Waals surface area contributed by atoms with Crippen LogP contribution < -0.4 is 21.1 Å².